The van der Waals surface area contributed by atoms with Gasteiger partial charge in [0.25, 0.3) is 0 Å². The number of hydrogen-bond donors (Lipinski definition) is 3. The number of aryl methyl sites for hydroxylation is 1. The summed E-state index contributed by atoms with van der Waals surface area (Å²) in [5, 5.41) is 11.1. The average Bonchev–Trinajstić information content (AvgIpc) is 3.72. The number of nitrogens with zero attached hydrogens (tertiary/aromatic N) is 5. The van der Waals surface area contributed by atoms with Gasteiger partial charge in [-0.1, -0.05) is 44.2 Å². The van der Waals surface area contributed by atoms with Gasteiger partial charge >= 0.3 is 0 Å². The molecule has 0 aliphatic heterocycles. The molecule has 8 nitrogen and oxygen atoms in total. The van der Waals surface area contributed by atoms with Crippen molar-refractivity contribution in [1.29, 1.82) is 0 Å². The standard InChI is InChI=1S/C31H30N8/c1-4-8-25(22-11-7-14-32-16-22)28-20(3)35-31(37-28)30-29-27(38-39-30)13-12-26(36-29)23-15-24(18-33-17-23)34-19(2)21-9-5-6-10-21/h4,7-8,11-18,21,34H,1-2,5-6,9-10H2,3H3,(H,35,37)(H,38,39)/b25-8-. The maximum absolute atomic E-state index is 4.97. The number of rotatable bonds is 8. The predicted octanol–water partition coefficient (Wildman–Crippen LogP) is 6.85. The molecule has 0 bridgehead atoms. The van der Waals surface area contributed by atoms with E-state index < -0.39 is 0 Å². The highest BCUT2D eigenvalue weighted by Gasteiger charge is 2.20. The number of pyridine rings is 3. The van der Waals surface area contributed by atoms with E-state index in [0.29, 0.717) is 17.4 Å². The Morgan fingerprint density at radius 1 is 1.08 bits per heavy atom. The number of aromatic nitrogens is 7. The number of allylic oxidation sites excluding steroid dienone is 3. The number of H-pyrrole nitrogens is 2. The van der Waals surface area contributed by atoms with Gasteiger partial charge in [-0.25, -0.2) is 9.97 Å². The Hall–Kier alpha value is -4.85. The molecule has 0 spiro atoms. The van der Waals surface area contributed by atoms with Gasteiger partial charge in [-0.3, -0.25) is 15.1 Å². The van der Waals surface area contributed by atoms with E-state index in [0.717, 1.165) is 56.2 Å². The first kappa shape index (κ1) is 24.5. The number of nitrogens with one attached hydrogen (secondary N) is 3. The van der Waals surface area contributed by atoms with E-state index in [2.05, 4.69) is 49.7 Å². The van der Waals surface area contributed by atoms with Crippen LogP contribution in [-0.2, 0) is 0 Å². The molecule has 1 aliphatic rings. The van der Waals surface area contributed by atoms with E-state index in [1.54, 1.807) is 12.3 Å². The van der Waals surface area contributed by atoms with Gasteiger partial charge in [0.2, 0.25) is 0 Å². The fraction of sp³-hybridized carbons (Fsp3) is 0.194. The predicted molar refractivity (Wildman–Crippen MR) is 156 cm³/mol. The third kappa shape index (κ3) is 4.88. The second kappa shape index (κ2) is 10.5. The van der Waals surface area contributed by atoms with Crippen molar-refractivity contribution in [3.05, 3.63) is 103 Å². The van der Waals surface area contributed by atoms with Gasteiger partial charge in [0, 0.05) is 46.7 Å². The summed E-state index contributed by atoms with van der Waals surface area (Å²) in [4.78, 5) is 22.0. The highest BCUT2D eigenvalue weighted by molar-refractivity contribution is 5.90. The first-order chi connectivity index (χ1) is 19.1. The van der Waals surface area contributed by atoms with Crippen LogP contribution in [0.15, 0.2) is 86.1 Å². The topological polar surface area (TPSA) is 108 Å². The lowest BCUT2D eigenvalue weighted by Crippen LogP contribution is -2.07. The summed E-state index contributed by atoms with van der Waals surface area (Å²) in [7, 11) is 0. The van der Waals surface area contributed by atoms with Crippen LogP contribution in [0.5, 0.6) is 0 Å². The quantitative estimate of drug-likeness (QED) is 0.196. The molecule has 39 heavy (non-hydrogen) atoms. The Bertz CT molecular complexity index is 1690. The summed E-state index contributed by atoms with van der Waals surface area (Å²) >= 11 is 0. The molecule has 8 heteroatoms. The van der Waals surface area contributed by atoms with Gasteiger partial charge in [0.1, 0.15) is 5.52 Å². The van der Waals surface area contributed by atoms with E-state index in [1.807, 2.05) is 55.9 Å². The van der Waals surface area contributed by atoms with Crippen LogP contribution in [0.4, 0.5) is 5.69 Å². The highest BCUT2D eigenvalue weighted by Crippen LogP contribution is 2.33. The van der Waals surface area contributed by atoms with E-state index in [-0.39, 0.29) is 0 Å². The molecule has 1 fully saturated rings. The molecule has 5 aromatic rings. The van der Waals surface area contributed by atoms with E-state index in [4.69, 9.17) is 9.97 Å². The smallest absolute Gasteiger partial charge is 0.161 e. The lowest BCUT2D eigenvalue weighted by atomic mass is 10.0. The fourth-order valence-corrected chi connectivity index (χ4v) is 5.22. The van der Waals surface area contributed by atoms with Crippen molar-refractivity contribution in [3.8, 4) is 22.8 Å². The van der Waals surface area contributed by atoms with Crippen LogP contribution in [-0.4, -0.2) is 35.1 Å². The van der Waals surface area contributed by atoms with Crippen molar-refractivity contribution in [2.75, 3.05) is 5.32 Å². The Balaban J connectivity index is 1.34. The molecule has 0 amide bonds. The summed E-state index contributed by atoms with van der Waals surface area (Å²) in [6.07, 6.45) is 15.9. The Labute approximate surface area is 227 Å². The molecular formula is C31H30N8. The molecule has 1 saturated carbocycles. The van der Waals surface area contributed by atoms with Gasteiger partial charge in [-0.2, -0.15) is 5.10 Å². The molecule has 6 rings (SSSR count). The highest BCUT2D eigenvalue weighted by atomic mass is 15.2. The molecule has 5 aromatic heterocycles. The third-order valence-corrected chi connectivity index (χ3v) is 7.22. The summed E-state index contributed by atoms with van der Waals surface area (Å²) in [5.41, 5.74) is 9.54. The van der Waals surface area contributed by atoms with Crippen LogP contribution in [0.25, 0.3) is 39.4 Å². The SMILES string of the molecule is C=C/C=C(/c1cccnc1)c1nc(-c2n[nH]c3ccc(-c4cncc(NC(=C)C5CCCC5)c4)nc23)[nH]c1C. The molecule has 194 valence electrons. The summed E-state index contributed by atoms with van der Waals surface area (Å²) in [6, 6.07) is 9.94. The third-order valence-electron chi connectivity index (χ3n) is 7.22. The van der Waals surface area contributed by atoms with Crippen LogP contribution in [0, 0.1) is 12.8 Å². The van der Waals surface area contributed by atoms with Gasteiger partial charge in [-0.05, 0) is 49.9 Å². The Kier molecular flexibility index (Phi) is 6.59. The number of anilines is 1. The largest absolute Gasteiger partial charge is 0.358 e. The minimum absolute atomic E-state index is 0.526. The molecule has 5 heterocycles. The second-order valence-corrected chi connectivity index (χ2v) is 9.88. The van der Waals surface area contributed by atoms with Gasteiger partial charge in [0.15, 0.2) is 11.5 Å². The summed E-state index contributed by atoms with van der Waals surface area (Å²) < 4.78 is 0. The zero-order chi connectivity index (χ0) is 26.8. The minimum atomic E-state index is 0.526. The van der Waals surface area contributed by atoms with Crippen molar-refractivity contribution in [3.63, 3.8) is 0 Å². The zero-order valence-corrected chi connectivity index (χ0v) is 21.9. The van der Waals surface area contributed by atoms with Gasteiger partial charge in [0.05, 0.1) is 28.8 Å². The van der Waals surface area contributed by atoms with Crippen molar-refractivity contribution >= 4 is 22.3 Å². The number of fused-ring (bicyclic) bond motifs is 1. The van der Waals surface area contributed by atoms with Crippen LogP contribution < -0.4 is 5.32 Å². The van der Waals surface area contributed by atoms with Gasteiger partial charge < -0.3 is 10.3 Å². The number of hydrogen-bond acceptors (Lipinski definition) is 6. The van der Waals surface area contributed by atoms with Crippen LogP contribution in [0.2, 0.25) is 0 Å². The normalized spacial score (nSPS) is 14.1. The Morgan fingerprint density at radius 3 is 2.74 bits per heavy atom. The van der Waals surface area contributed by atoms with E-state index >= 15 is 0 Å². The lowest BCUT2D eigenvalue weighted by Gasteiger charge is -2.15. The number of aromatic amines is 2. The first-order valence-electron chi connectivity index (χ1n) is 13.2. The summed E-state index contributed by atoms with van der Waals surface area (Å²) in [5.74, 6) is 1.16. The second-order valence-electron chi connectivity index (χ2n) is 9.88. The van der Waals surface area contributed by atoms with Gasteiger partial charge in [-0.15, -0.1) is 0 Å². The zero-order valence-electron chi connectivity index (χ0n) is 21.9. The first-order valence-corrected chi connectivity index (χ1v) is 13.2. The van der Waals surface area contributed by atoms with Crippen molar-refractivity contribution < 1.29 is 0 Å². The molecule has 0 aromatic carbocycles. The molecule has 3 N–H and O–H groups in total. The number of imidazole rings is 1. The van der Waals surface area contributed by atoms with Crippen LogP contribution >= 0.6 is 0 Å². The molecule has 0 saturated heterocycles. The molecule has 0 radical (unpaired) electrons. The van der Waals surface area contributed by atoms with E-state index in [1.165, 1.54) is 25.7 Å². The lowest BCUT2D eigenvalue weighted by molar-refractivity contribution is 0.649. The maximum atomic E-state index is 4.97. The average molecular weight is 515 g/mol. The summed E-state index contributed by atoms with van der Waals surface area (Å²) in [6.45, 7) is 10.2. The van der Waals surface area contributed by atoms with E-state index in [9.17, 15) is 0 Å². The van der Waals surface area contributed by atoms with Crippen molar-refractivity contribution in [2.24, 2.45) is 5.92 Å². The molecule has 0 unspecified atom stereocenters. The van der Waals surface area contributed by atoms with Crippen LogP contribution in [0.1, 0.15) is 42.6 Å². The molecular weight excluding hydrogens is 484 g/mol. The maximum Gasteiger partial charge on any atom is 0.161 e. The molecule has 0 atom stereocenters. The monoisotopic (exact) mass is 514 g/mol. The molecule has 1 aliphatic carbocycles. The van der Waals surface area contributed by atoms with Crippen molar-refractivity contribution in [2.45, 2.75) is 32.6 Å². The van der Waals surface area contributed by atoms with Crippen molar-refractivity contribution in [1.82, 2.24) is 35.1 Å². The van der Waals surface area contributed by atoms with Crippen LogP contribution in [0.3, 0.4) is 0 Å². The minimum Gasteiger partial charge on any atom is -0.358 e. The fourth-order valence-electron chi connectivity index (χ4n) is 5.22. The Morgan fingerprint density at radius 2 is 1.95 bits per heavy atom.